The molecule has 0 amide bonds. The molecule has 1 aliphatic rings. The summed E-state index contributed by atoms with van der Waals surface area (Å²) < 4.78 is 14.2. The van der Waals surface area contributed by atoms with Crippen molar-refractivity contribution in [1.82, 2.24) is 9.55 Å². The van der Waals surface area contributed by atoms with Crippen molar-refractivity contribution in [3.05, 3.63) is 47.1 Å². The Morgan fingerprint density at radius 3 is 2.83 bits per heavy atom. The van der Waals surface area contributed by atoms with Crippen LogP contribution in [0.2, 0.25) is 0 Å². The maximum absolute atomic E-state index is 6.09. The molecule has 2 N–H and O–H groups in total. The van der Waals surface area contributed by atoms with Gasteiger partial charge >= 0.3 is 0 Å². The van der Waals surface area contributed by atoms with E-state index >= 15 is 0 Å². The molecule has 0 saturated heterocycles. The highest BCUT2D eigenvalue weighted by atomic mass is 32.1. The molecule has 0 bridgehead atoms. The maximum atomic E-state index is 6.09. The summed E-state index contributed by atoms with van der Waals surface area (Å²) in [5, 5.41) is 2.59. The quantitative estimate of drug-likeness (QED) is 0.790. The number of aryl methyl sites for hydroxylation is 1. The monoisotopic (exact) mass is 341 g/mol. The highest BCUT2D eigenvalue weighted by molar-refractivity contribution is 7.13. The fourth-order valence-corrected chi connectivity index (χ4v) is 3.67. The first kappa shape index (κ1) is 15.1. The Morgan fingerprint density at radius 2 is 2.08 bits per heavy atom. The molecule has 6 heteroatoms. The van der Waals surface area contributed by atoms with E-state index in [0.717, 1.165) is 29.3 Å². The van der Waals surface area contributed by atoms with Crippen LogP contribution in [0.5, 0.6) is 11.5 Å². The summed E-state index contributed by atoms with van der Waals surface area (Å²) in [4.78, 5) is 4.40. The highest BCUT2D eigenvalue weighted by Crippen LogP contribution is 2.33. The third-order valence-electron chi connectivity index (χ3n) is 4.33. The molecule has 1 aromatic carbocycles. The number of anilines is 1. The van der Waals surface area contributed by atoms with Crippen LogP contribution in [0.4, 0.5) is 5.13 Å². The van der Waals surface area contributed by atoms with Crippen molar-refractivity contribution in [2.45, 2.75) is 26.5 Å². The van der Waals surface area contributed by atoms with Crippen molar-refractivity contribution in [2.75, 3.05) is 12.3 Å². The zero-order valence-electron chi connectivity index (χ0n) is 13.7. The Balaban J connectivity index is 1.59. The van der Waals surface area contributed by atoms with E-state index in [1.54, 1.807) is 0 Å². The summed E-state index contributed by atoms with van der Waals surface area (Å²) in [7, 11) is 0. The van der Waals surface area contributed by atoms with Gasteiger partial charge in [0.05, 0.1) is 12.2 Å². The van der Waals surface area contributed by atoms with Crippen LogP contribution in [-0.2, 0) is 6.54 Å². The van der Waals surface area contributed by atoms with Crippen LogP contribution in [-0.4, -0.2) is 22.3 Å². The summed E-state index contributed by atoms with van der Waals surface area (Å²) in [6.45, 7) is 5.50. The lowest BCUT2D eigenvalue weighted by Crippen LogP contribution is -2.33. The molecule has 124 valence electrons. The van der Waals surface area contributed by atoms with Gasteiger partial charge in [0.2, 0.25) is 0 Å². The molecule has 1 aliphatic heterocycles. The molecule has 0 fully saturated rings. The molecular formula is C18H19N3O2S. The van der Waals surface area contributed by atoms with Crippen LogP contribution < -0.4 is 15.2 Å². The molecule has 0 aliphatic carbocycles. The van der Waals surface area contributed by atoms with Crippen LogP contribution in [0.25, 0.3) is 11.3 Å². The SMILES string of the molecule is Cc1cc(-c2csc(N)n2)c(C)n1CC1COc2ccccc2O1. The van der Waals surface area contributed by atoms with Gasteiger partial charge in [-0.25, -0.2) is 4.98 Å². The molecule has 0 radical (unpaired) electrons. The Bertz CT molecular complexity index is 884. The van der Waals surface area contributed by atoms with Gasteiger partial charge < -0.3 is 19.8 Å². The van der Waals surface area contributed by atoms with Crippen LogP contribution >= 0.6 is 11.3 Å². The first-order chi connectivity index (χ1) is 11.6. The highest BCUT2D eigenvalue weighted by Gasteiger charge is 2.23. The predicted octanol–water partition coefficient (Wildman–Crippen LogP) is 3.65. The average Bonchev–Trinajstić information content (AvgIpc) is 3.13. The Hall–Kier alpha value is -2.47. The smallest absolute Gasteiger partial charge is 0.180 e. The summed E-state index contributed by atoms with van der Waals surface area (Å²) in [6, 6.07) is 9.94. The summed E-state index contributed by atoms with van der Waals surface area (Å²) >= 11 is 1.46. The number of hydrogen-bond acceptors (Lipinski definition) is 5. The summed E-state index contributed by atoms with van der Waals surface area (Å²) in [5.41, 5.74) is 10.2. The van der Waals surface area contributed by atoms with Crippen LogP contribution in [0.15, 0.2) is 35.7 Å². The second-order valence-electron chi connectivity index (χ2n) is 5.96. The average molecular weight is 341 g/mol. The normalized spacial score (nSPS) is 16.3. The van der Waals surface area contributed by atoms with Crippen LogP contribution in [0, 0.1) is 13.8 Å². The minimum Gasteiger partial charge on any atom is -0.486 e. The zero-order valence-corrected chi connectivity index (χ0v) is 14.5. The predicted molar refractivity (Wildman–Crippen MR) is 95.8 cm³/mol. The van der Waals surface area contributed by atoms with E-state index in [2.05, 4.69) is 29.5 Å². The van der Waals surface area contributed by atoms with Crippen molar-refractivity contribution in [3.8, 4) is 22.8 Å². The molecule has 3 aromatic rings. The van der Waals surface area contributed by atoms with Crippen LogP contribution in [0.1, 0.15) is 11.4 Å². The van der Waals surface area contributed by atoms with Gasteiger partial charge in [-0.15, -0.1) is 11.3 Å². The van der Waals surface area contributed by atoms with E-state index in [-0.39, 0.29) is 6.10 Å². The first-order valence-electron chi connectivity index (χ1n) is 7.88. The van der Waals surface area contributed by atoms with Gasteiger partial charge in [-0.2, -0.15) is 0 Å². The maximum Gasteiger partial charge on any atom is 0.180 e. The standard InChI is InChI=1S/C18H19N3O2S/c1-11-7-14(15-10-24-18(19)20-15)12(2)21(11)8-13-9-22-16-5-3-4-6-17(16)23-13/h3-7,10,13H,8-9H2,1-2H3,(H2,19,20). The number of benzene rings is 1. The lowest BCUT2D eigenvalue weighted by Gasteiger charge is -2.27. The van der Waals surface area contributed by atoms with E-state index in [1.807, 2.05) is 29.6 Å². The van der Waals surface area contributed by atoms with Crippen molar-refractivity contribution < 1.29 is 9.47 Å². The van der Waals surface area contributed by atoms with Crippen molar-refractivity contribution in [2.24, 2.45) is 0 Å². The van der Waals surface area contributed by atoms with Crippen molar-refractivity contribution >= 4 is 16.5 Å². The van der Waals surface area contributed by atoms with Gasteiger partial charge in [-0.3, -0.25) is 0 Å². The molecule has 1 unspecified atom stereocenters. The number of nitrogen functional groups attached to an aromatic ring is 1. The van der Waals surface area contributed by atoms with Gasteiger partial charge in [-0.1, -0.05) is 12.1 Å². The number of nitrogens with two attached hydrogens (primary N) is 1. The number of hydrogen-bond donors (Lipinski definition) is 1. The summed E-state index contributed by atoms with van der Waals surface area (Å²) in [6.07, 6.45) is -0.0157. The number of para-hydroxylation sites is 2. The molecular weight excluding hydrogens is 322 g/mol. The van der Waals surface area contributed by atoms with E-state index in [9.17, 15) is 0 Å². The van der Waals surface area contributed by atoms with Crippen molar-refractivity contribution in [1.29, 1.82) is 0 Å². The molecule has 1 atom stereocenters. The lowest BCUT2D eigenvalue weighted by atomic mass is 10.2. The fourth-order valence-electron chi connectivity index (χ4n) is 3.11. The Morgan fingerprint density at radius 1 is 1.29 bits per heavy atom. The number of thiazole rings is 1. The van der Waals surface area contributed by atoms with Gasteiger partial charge in [0.25, 0.3) is 0 Å². The van der Waals surface area contributed by atoms with Gasteiger partial charge in [0, 0.05) is 22.3 Å². The minimum absolute atomic E-state index is 0.0157. The Kier molecular flexibility index (Phi) is 3.69. The van der Waals surface area contributed by atoms with E-state index in [0.29, 0.717) is 11.7 Å². The fraction of sp³-hybridized carbons (Fsp3) is 0.278. The third-order valence-corrected chi connectivity index (χ3v) is 5.00. The number of fused-ring (bicyclic) bond motifs is 1. The molecule has 0 spiro atoms. The van der Waals surface area contributed by atoms with E-state index in [4.69, 9.17) is 15.2 Å². The molecule has 2 aromatic heterocycles. The number of rotatable bonds is 3. The number of aromatic nitrogens is 2. The van der Waals surface area contributed by atoms with Gasteiger partial charge in [0.1, 0.15) is 6.61 Å². The van der Waals surface area contributed by atoms with E-state index in [1.165, 1.54) is 22.7 Å². The summed E-state index contributed by atoms with van der Waals surface area (Å²) in [5.74, 6) is 1.62. The lowest BCUT2D eigenvalue weighted by molar-refractivity contribution is 0.0778. The molecule has 3 heterocycles. The topological polar surface area (TPSA) is 62.3 Å². The number of nitrogens with zero attached hydrogens (tertiary/aromatic N) is 2. The molecule has 24 heavy (non-hydrogen) atoms. The number of ether oxygens (including phenoxy) is 2. The van der Waals surface area contributed by atoms with Gasteiger partial charge in [0.15, 0.2) is 22.7 Å². The second kappa shape index (κ2) is 5.87. The van der Waals surface area contributed by atoms with Crippen molar-refractivity contribution in [3.63, 3.8) is 0 Å². The largest absolute Gasteiger partial charge is 0.486 e. The molecule has 0 saturated carbocycles. The van der Waals surface area contributed by atoms with E-state index < -0.39 is 0 Å². The second-order valence-corrected chi connectivity index (χ2v) is 6.85. The van der Waals surface area contributed by atoms with Crippen LogP contribution in [0.3, 0.4) is 0 Å². The molecule has 4 rings (SSSR count). The zero-order chi connectivity index (χ0) is 16.7. The third kappa shape index (κ3) is 2.63. The minimum atomic E-state index is -0.0157. The Labute approximate surface area is 144 Å². The molecule has 5 nitrogen and oxygen atoms in total. The van der Waals surface area contributed by atoms with Gasteiger partial charge in [-0.05, 0) is 32.0 Å². The first-order valence-corrected chi connectivity index (χ1v) is 8.76.